The second-order valence-electron chi connectivity index (χ2n) is 5.08. The lowest BCUT2D eigenvalue weighted by Crippen LogP contribution is -2.04. The Morgan fingerprint density at radius 1 is 1.30 bits per heavy atom. The van der Waals surface area contributed by atoms with Crippen LogP contribution in [0.4, 0.5) is 10.2 Å². The number of aryl methyl sites for hydroxylation is 1. The summed E-state index contributed by atoms with van der Waals surface area (Å²) < 4.78 is 15.8. The van der Waals surface area contributed by atoms with Gasteiger partial charge in [0.05, 0.1) is 12.0 Å². The van der Waals surface area contributed by atoms with E-state index < -0.39 is 0 Å². The van der Waals surface area contributed by atoms with Crippen LogP contribution in [-0.4, -0.2) is 14.5 Å². The van der Waals surface area contributed by atoms with Gasteiger partial charge in [-0.05, 0) is 36.2 Å². The molecule has 0 unspecified atom stereocenters. The van der Waals surface area contributed by atoms with Crippen molar-refractivity contribution in [3.8, 4) is 11.8 Å². The fourth-order valence-electron chi connectivity index (χ4n) is 2.20. The average Bonchev–Trinajstić information content (AvgIpc) is 3.08. The van der Waals surface area contributed by atoms with Gasteiger partial charge in [0.2, 0.25) is 0 Å². The van der Waals surface area contributed by atoms with Gasteiger partial charge in [0, 0.05) is 18.9 Å². The lowest BCUT2D eigenvalue weighted by atomic mass is 10.2. The first-order valence-corrected chi connectivity index (χ1v) is 7.06. The number of hydrogen-bond acceptors (Lipinski definition) is 4. The normalized spacial score (nSPS) is 10.3. The molecule has 0 bridgehead atoms. The molecular weight excluding hydrogens is 293 g/mol. The molecule has 0 atom stereocenters. The molecule has 114 valence electrons. The third-order valence-corrected chi connectivity index (χ3v) is 3.47. The molecule has 1 aromatic carbocycles. The van der Waals surface area contributed by atoms with Crippen LogP contribution in [0.3, 0.4) is 0 Å². The average molecular weight is 307 g/mol. The molecule has 2 aromatic heterocycles. The standard InChI is InChI=1S/C17H14FN5/c1-12-2-5-17(22-15(12)9-19)21-10-13-3-4-16(14(18)8-13)23-7-6-20-11-23/h2-8,11H,10H2,1H3,(H,21,22). The predicted molar refractivity (Wildman–Crippen MR) is 84.5 cm³/mol. The van der Waals surface area contributed by atoms with Crippen molar-refractivity contribution in [1.29, 1.82) is 5.26 Å². The maximum absolute atomic E-state index is 14.2. The largest absolute Gasteiger partial charge is 0.366 e. The van der Waals surface area contributed by atoms with Gasteiger partial charge in [-0.25, -0.2) is 14.4 Å². The highest BCUT2D eigenvalue weighted by Crippen LogP contribution is 2.16. The minimum atomic E-state index is -0.322. The molecule has 0 fully saturated rings. The van der Waals surface area contributed by atoms with E-state index in [1.165, 1.54) is 6.07 Å². The number of hydrogen-bond donors (Lipinski definition) is 1. The van der Waals surface area contributed by atoms with Gasteiger partial charge in [0.1, 0.15) is 23.4 Å². The highest BCUT2D eigenvalue weighted by molar-refractivity contribution is 5.44. The Bertz CT molecular complexity index is 865. The van der Waals surface area contributed by atoms with Crippen molar-refractivity contribution >= 4 is 5.82 Å². The SMILES string of the molecule is Cc1ccc(NCc2ccc(-n3ccnc3)c(F)c2)nc1C#N. The van der Waals surface area contributed by atoms with Crippen LogP contribution >= 0.6 is 0 Å². The van der Waals surface area contributed by atoms with E-state index in [2.05, 4.69) is 15.3 Å². The molecule has 1 N–H and O–H groups in total. The van der Waals surface area contributed by atoms with Crippen LogP contribution in [0.25, 0.3) is 5.69 Å². The van der Waals surface area contributed by atoms with E-state index in [1.54, 1.807) is 35.4 Å². The maximum atomic E-state index is 14.2. The summed E-state index contributed by atoms with van der Waals surface area (Å²) in [5.41, 5.74) is 2.45. The fraction of sp³-hybridized carbons (Fsp3) is 0.118. The highest BCUT2D eigenvalue weighted by Gasteiger charge is 2.06. The molecule has 2 heterocycles. The molecule has 5 nitrogen and oxygen atoms in total. The number of aromatic nitrogens is 3. The van der Waals surface area contributed by atoms with Gasteiger partial charge in [0.25, 0.3) is 0 Å². The Morgan fingerprint density at radius 3 is 2.87 bits per heavy atom. The van der Waals surface area contributed by atoms with E-state index in [0.29, 0.717) is 23.7 Å². The molecule has 0 aliphatic rings. The molecule has 0 amide bonds. The minimum absolute atomic E-state index is 0.322. The summed E-state index contributed by atoms with van der Waals surface area (Å²) in [6, 6.07) is 10.7. The molecule has 3 rings (SSSR count). The van der Waals surface area contributed by atoms with Gasteiger partial charge >= 0.3 is 0 Å². The lowest BCUT2D eigenvalue weighted by molar-refractivity contribution is 0.616. The van der Waals surface area contributed by atoms with Crippen molar-refractivity contribution in [3.05, 3.63) is 71.7 Å². The number of pyridine rings is 1. The van der Waals surface area contributed by atoms with Crippen LogP contribution in [0.5, 0.6) is 0 Å². The van der Waals surface area contributed by atoms with Gasteiger partial charge in [-0.1, -0.05) is 12.1 Å². The predicted octanol–water partition coefficient (Wildman–Crippen LogP) is 3.20. The second-order valence-corrected chi connectivity index (χ2v) is 5.08. The van der Waals surface area contributed by atoms with E-state index >= 15 is 0 Å². The number of halogens is 1. The minimum Gasteiger partial charge on any atom is -0.366 e. The summed E-state index contributed by atoms with van der Waals surface area (Å²) in [6.45, 7) is 2.25. The zero-order chi connectivity index (χ0) is 16.2. The van der Waals surface area contributed by atoms with E-state index in [4.69, 9.17) is 5.26 Å². The number of nitrogens with zero attached hydrogens (tertiary/aromatic N) is 4. The Kier molecular flexibility index (Phi) is 4.02. The van der Waals surface area contributed by atoms with Crippen molar-refractivity contribution in [1.82, 2.24) is 14.5 Å². The van der Waals surface area contributed by atoms with Crippen LogP contribution in [0.15, 0.2) is 49.1 Å². The third kappa shape index (κ3) is 3.19. The molecule has 0 aliphatic heterocycles. The Hall–Kier alpha value is -3.20. The number of anilines is 1. The topological polar surface area (TPSA) is 66.5 Å². The van der Waals surface area contributed by atoms with Crippen molar-refractivity contribution in [2.24, 2.45) is 0 Å². The summed E-state index contributed by atoms with van der Waals surface area (Å²) in [6.07, 6.45) is 4.84. The Balaban J connectivity index is 1.74. The van der Waals surface area contributed by atoms with Gasteiger partial charge in [-0.3, -0.25) is 0 Å². The summed E-state index contributed by atoms with van der Waals surface area (Å²) in [5.74, 6) is 0.267. The van der Waals surface area contributed by atoms with Gasteiger partial charge in [-0.2, -0.15) is 5.26 Å². The third-order valence-electron chi connectivity index (χ3n) is 3.47. The lowest BCUT2D eigenvalue weighted by Gasteiger charge is -2.09. The molecule has 3 aromatic rings. The Morgan fingerprint density at radius 2 is 2.17 bits per heavy atom. The number of rotatable bonds is 4. The first-order chi connectivity index (χ1) is 11.2. The first-order valence-electron chi connectivity index (χ1n) is 7.06. The summed E-state index contributed by atoms with van der Waals surface area (Å²) in [7, 11) is 0. The summed E-state index contributed by atoms with van der Waals surface area (Å²) >= 11 is 0. The van der Waals surface area contributed by atoms with E-state index in [9.17, 15) is 4.39 Å². The molecule has 0 saturated carbocycles. The Labute approximate surface area is 133 Å². The number of benzene rings is 1. The van der Waals surface area contributed by atoms with Crippen molar-refractivity contribution in [2.45, 2.75) is 13.5 Å². The molecule has 0 saturated heterocycles. The zero-order valence-corrected chi connectivity index (χ0v) is 12.5. The quantitative estimate of drug-likeness (QED) is 0.804. The fourth-order valence-corrected chi connectivity index (χ4v) is 2.20. The summed E-state index contributed by atoms with van der Waals surface area (Å²) in [5, 5.41) is 12.1. The van der Waals surface area contributed by atoms with E-state index in [1.807, 2.05) is 25.1 Å². The molecular formula is C17H14FN5. The maximum Gasteiger partial charge on any atom is 0.147 e. The van der Waals surface area contributed by atoms with Crippen molar-refractivity contribution in [2.75, 3.05) is 5.32 Å². The van der Waals surface area contributed by atoms with Crippen LogP contribution in [0, 0.1) is 24.1 Å². The van der Waals surface area contributed by atoms with Gasteiger partial charge < -0.3 is 9.88 Å². The van der Waals surface area contributed by atoms with E-state index in [-0.39, 0.29) is 5.82 Å². The van der Waals surface area contributed by atoms with Gasteiger partial charge in [0.15, 0.2) is 0 Å². The molecule has 0 spiro atoms. The second kappa shape index (κ2) is 6.28. The van der Waals surface area contributed by atoms with Gasteiger partial charge in [-0.15, -0.1) is 0 Å². The number of nitrogens with one attached hydrogen (secondary N) is 1. The monoisotopic (exact) mass is 307 g/mol. The molecule has 6 heteroatoms. The highest BCUT2D eigenvalue weighted by atomic mass is 19.1. The molecule has 23 heavy (non-hydrogen) atoms. The summed E-state index contributed by atoms with van der Waals surface area (Å²) in [4.78, 5) is 8.12. The van der Waals surface area contributed by atoms with Crippen LogP contribution in [-0.2, 0) is 6.54 Å². The van der Waals surface area contributed by atoms with Crippen LogP contribution in [0.2, 0.25) is 0 Å². The van der Waals surface area contributed by atoms with Crippen molar-refractivity contribution in [3.63, 3.8) is 0 Å². The van der Waals surface area contributed by atoms with Crippen molar-refractivity contribution < 1.29 is 4.39 Å². The smallest absolute Gasteiger partial charge is 0.147 e. The van der Waals surface area contributed by atoms with Crippen LogP contribution < -0.4 is 5.32 Å². The first kappa shape index (κ1) is 14.7. The van der Waals surface area contributed by atoms with E-state index in [0.717, 1.165) is 11.1 Å². The molecule has 0 aliphatic carbocycles. The molecule has 0 radical (unpaired) electrons. The van der Waals surface area contributed by atoms with Crippen LogP contribution in [0.1, 0.15) is 16.8 Å². The number of nitriles is 1. The number of imidazole rings is 1. The zero-order valence-electron chi connectivity index (χ0n) is 12.5.